The number of methoxy groups -OCH3 is 2. The molecule has 1 aromatic carbocycles. The number of halogens is 1. The summed E-state index contributed by atoms with van der Waals surface area (Å²) >= 11 is 6.10. The van der Waals surface area contributed by atoms with Gasteiger partial charge in [0.25, 0.3) is 0 Å². The van der Waals surface area contributed by atoms with Crippen molar-refractivity contribution in [1.29, 1.82) is 0 Å². The lowest BCUT2D eigenvalue weighted by Gasteiger charge is -2.25. The first-order valence-electron chi connectivity index (χ1n) is 7.51. The summed E-state index contributed by atoms with van der Waals surface area (Å²) in [7, 11) is 2.41. The van der Waals surface area contributed by atoms with E-state index in [1.165, 1.54) is 32.1 Å². The van der Waals surface area contributed by atoms with Gasteiger partial charge in [-0.3, -0.25) is 4.79 Å². The zero-order chi connectivity index (χ0) is 19.3. The molecule has 26 heavy (non-hydrogen) atoms. The van der Waals surface area contributed by atoms with Gasteiger partial charge in [-0.1, -0.05) is 17.7 Å². The summed E-state index contributed by atoms with van der Waals surface area (Å²) in [6.07, 6.45) is 6.20. The van der Waals surface area contributed by atoms with E-state index in [1.807, 2.05) is 0 Å². The van der Waals surface area contributed by atoms with Crippen LogP contribution in [0.1, 0.15) is 6.92 Å². The number of esters is 2. The molecule has 7 nitrogen and oxygen atoms in total. The van der Waals surface area contributed by atoms with Crippen LogP contribution in [-0.4, -0.2) is 32.1 Å². The second-order valence-corrected chi connectivity index (χ2v) is 5.60. The van der Waals surface area contributed by atoms with Crippen molar-refractivity contribution >= 4 is 40.8 Å². The molecule has 1 aromatic rings. The van der Waals surface area contributed by atoms with Crippen molar-refractivity contribution in [3.8, 4) is 0 Å². The summed E-state index contributed by atoms with van der Waals surface area (Å²) in [5, 5.41) is 3.05. The maximum absolute atomic E-state index is 12.4. The van der Waals surface area contributed by atoms with Crippen LogP contribution in [0.2, 0.25) is 5.02 Å². The van der Waals surface area contributed by atoms with Crippen LogP contribution in [-0.2, 0) is 23.9 Å². The Balaban J connectivity index is 2.73. The number of allylic oxidation sites excluding steroid dienone is 2. The Hall–Kier alpha value is -3.06. The standard InChI is InChI=1S/C18H17ClN2O5/c1-11(22)20-14-8-7-12(19)10-15(14)21-9-5-4-6-13(17(23)25-2)16(21)18(24)26-3/h4-10H,1-3H3,(H,20,22). The molecule has 0 aromatic heterocycles. The van der Waals surface area contributed by atoms with Gasteiger partial charge >= 0.3 is 11.9 Å². The van der Waals surface area contributed by atoms with E-state index in [0.29, 0.717) is 16.4 Å². The van der Waals surface area contributed by atoms with Crippen LogP contribution in [0.4, 0.5) is 11.4 Å². The van der Waals surface area contributed by atoms with E-state index < -0.39 is 11.9 Å². The smallest absolute Gasteiger partial charge is 0.355 e. The highest BCUT2D eigenvalue weighted by atomic mass is 35.5. The van der Waals surface area contributed by atoms with E-state index in [1.54, 1.807) is 36.6 Å². The molecule has 8 heteroatoms. The highest BCUT2D eigenvalue weighted by molar-refractivity contribution is 6.31. The summed E-state index contributed by atoms with van der Waals surface area (Å²) < 4.78 is 9.61. The van der Waals surface area contributed by atoms with Crippen molar-refractivity contribution in [2.45, 2.75) is 6.92 Å². The van der Waals surface area contributed by atoms with Gasteiger partial charge in [-0.05, 0) is 30.4 Å². The van der Waals surface area contributed by atoms with Crippen molar-refractivity contribution < 1.29 is 23.9 Å². The number of amides is 1. The molecule has 0 aliphatic carbocycles. The SMILES string of the molecule is COC(=O)C1=C(C(=O)OC)N(c2cc(Cl)ccc2NC(C)=O)C=CC=C1. The minimum Gasteiger partial charge on any atom is -0.465 e. The Morgan fingerprint density at radius 2 is 1.77 bits per heavy atom. The van der Waals surface area contributed by atoms with Crippen LogP contribution in [0, 0.1) is 0 Å². The van der Waals surface area contributed by atoms with Crippen LogP contribution < -0.4 is 10.2 Å². The second kappa shape index (κ2) is 8.35. The van der Waals surface area contributed by atoms with E-state index in [-0.39, 0.29) is 17.2 Å². The molecule has 2 rings (SSSR count). The largest absolute Gasteiger partial charge is 0.465 e. The Morgan fingerprint density at radius 1 is 1.08 bits per heavy atom. The first kappa shape index (κ1) is 19.3. The van der Waals surface area contributed by atoms with E-state index in [9.17, 15) is 14.4 Å². The Kier molecular flexibility index (Phi) is 6.19. The Morgan fingerprint density at radius 3 is 2.38 bits per heavy atom. The molecule has 136 valence electrons. The Labute approximate surface area is 155 Å². The van der Waals surface area contributed by atoms with Gasteiger partial charge in [0.05, 0.1) is 31.2 Å². The summed E-state index contributed by atoms with van der Waals surface area (Å²) in [4.78, 5) is 37.5. The van der Waals surface area contributed by atoms with Crippen LogP contribution in [0.3, 0.4) is 0 Å². The maximum Gasteiger partial charge on any atom is 0.355 e. The summed E-state index contributed by atoms with van der Waals surface area (Å²) in [5.74, 6) is -1.77. The molecule has 0 spiro atoms. The van der Waals surface area contributed by atoms with Crippen LogP contribution >= 0.6 is 11.6 Å². The normalized spacial score (nSPS) is 13.3. The molecule has 1 heterocycles. The fourth-order valence-electron chi connectivity index (χ4n) is 2.35. The van der Waals surface area contributed by atoms with Crippen LogP contribution in [0.25, 0.3) is 0 Å². The third-order valence-electron chi connectivity index (χ3n) is 3.42. The molecule has 0 bridgehead atoms. The number of hydrogen-bond donors (Lipinski definition) is 1. The molecule has 1 N–H and O–H groups in total. The molecule has 0 fully saturated rings. The Bertz CT molecular complexity index is 842. The molecule has 0 atom stereocenters. The number of nitrogens with one attached hydrogen (secondary N) is 1. The van der Waals surface area contributed by atoms with E-state index in [2.05, 4.69) is 5.32 Å². The molecule has 1 aliphatic heterocycles. The number of hydrogen-bond acceptors (Lipinski definition) is 6. The predicted molar refractivity (Wildman–Crippen MR) is 97.6 cm³/mol. The quantitative estimate of drug-likeness (QED) is 0.813. The molecular formula is C18H17ClN2O5. The average Bonchev–Trinajstić information content (AvgIpc) is 2.84. The second-order valence-electron chi connectivity index (χ2n) is 5.16. The third kappa shape index (κ3) is 4.12. The maximum atomic E-state index is 12.4. The van der Waals surface area contributed by atoms with Gasteiger partial charge < -0.3 is 19.7 Å². The molecule has 0 saturated carbocycles. The van der Waals surface area contributed by atoms with Gasteiger partial charge in [-0.2, -0.15) is 0 Å². The van der Waals surface area contributed by atoms with Crippen molar-refractivity contribution in [2.75, 3.05) is 24.4 Å². The number of carbonyl (C=O) groups is 3. The number of nitrogens with zero attached hydrogens (tertiary/aromatic N) is 1. The van der Waals surface area contributed by atoms with E-state index in [4.69, 9.17) is 21.1 Å². The number of anilines is 2. The van der Waals surface area contributed by atoms with Gasteiger partial charge in [0, 0.05) is 18.1 Å². The first-order valence-corrected chi connectivity index (χ1v) is 7.89. The van der Waals surface area contributed by atoms with Crippen molar-refractivity contribution in [3.63, 3.8) is 0 Å². The zero-order valence-electron chi connectivity index (χ0n) is 14.4. The van der Waals surface area contributed by atoms with Gasteiger partial charge in [0.15, 0.2) is 0 Å². The third-order valence-corrected chi connectivity index (χ3v) is 3.65. The number of ether oxygens (including phenoxy) is 2. The lowest BCUT2D eigenvalue weighted by molar-refractivity contribution is -0.139. The van der Waals surface area contributed by atoms with E-state index in [0.717, 1.165) is 0 Å². The molecular weight excluding hydrogens is 360 g/mol. The molecule has 1 amide bonds. The van der Waals surface area contributed by atoms with Gasteiger partial charge in [-0.25, -0.2) is 9.59 Å². The summed E-state index contributed by atoms with van der Waals surface area (Å²) in [6, 6.07) is 4.75. The lowest BCUT2D eigenvalue weighted by Crippen LogP contribution is -2.27. The summed E-state index contributed by atoms with van der Waals surface area (Å²) in [6.45, 7) is 1.36. The number of rotatable bonds is 4. The summed E-state index contributed by atoms with van der Waals surface area (Å²) in [5.41, 5.74) is 0.713. The molecule has 0 radical (unpaired) electrons. The van der Waals surface area contributed by atoms with Crippen molar-refractivity contribution in [1.82, 2.24) is 0 Å². The highest BCUT2D eigenvalue weighted by Crippen LogP contribution is 2.34. The topological polar surface area (TPSA) is 84.9 Å². The molecule has 1 aliphatic rings. The number of carbonyl (C=O) groups excluding carboxylic acids is 3. The molecule has 0 saturated heterocycles. The fraction of sp³-hybridized carbons (Fsp3) is 0.167. The van der Waals surface area contributed by atoms with Gasteiger partial charge in [-0.15, -0.1) is 0 Å². The zero-order valence-corrected chi connectivity index (χ0v) is 15.2. The first-order chi connectivity index (χ1) is 12.4. The number of benzene rings is 1. The van der Waals surface area contributed by atoms with Crippen molar-refractivity contribution in [3.05, 3.63) is 58.9 Å². The van der Waals surface area contributed by atoms with Crippen LogP contribution in [0.15, 0.2) is 53.9 Å². The molecule has 0 unspecified atom stereocenters. The van der Waals surface area contributed by atoms with E-state index >= 15 is 0 Å². The fourth-order valence-corrected chi connectivity index (χ4v) is 2.52. The van der Waals surface area contributed by atoms with Gasteiger partial charge in [0.1, 0.15) is 5.70 Å². The minimum absolute atomic E-state index is 0.00176. The monoisotopic (exact) mass is 376 g/mol. The average molecular weight is 377 g/mol. The van der Waals surface area contributed by atoms with Gasteiger partial charge in [0.2, 0.25) is 5.91 Å². The van der Waals surface area contributed by atoms with Crippen LogP contribution in [0.5, 0.6) is 0 Å². The predicted octanol–water partition coefficient (Wildman–Crippen LogP) is 2.79. The van der Waals surface area contributed by atoms with Crippen molar-refractivity contribution in [2.24, 2.45) is 0 Å². The minimum atomic E-state index is -0.754. The highest BCUT2D eigenvalue weighted by Gasteiger charge is 2.28. The lowest BCUT2D eigenvalue weighted by atomic mass is 10.1.